The molecule has 1 aromatic carbocycles. The zero-order valence-electron chi connectivity index (χ0n) is 4.91. The van der Waals surface area contributed by atoms with Crippen LogP contribution < -0.4 is 0 Å². The Morgan fingerprint density at radius 2 is 2.20 bits per heavy atom. The smallest absolute Gasteiger partial charge is 0.150 e. The topological polar surface area (TPSA) is 49.7 Å². The van der Waals surface area contributed by atoms with E-state index >= 15 is 0 Å². The SMILES string of the molecule is O=Nc1cc(I)ccc1O. The van der Waals surface area contributed by atoms with Gasteiger partial charge in [-0.2, -0.15) is 0 Å². The number of hydrogen-bond donors (Lipinski definition) is 1. The molecule has 0 aromatic heterocycles. The first-order chi connectivity index (χ1) is 4.74. The molecule has 0 aliphatic carbocycles. The van der Waals surface area contributed by atoms with Crippen molar-refractivity contribution in [3.05, 3.63) is 26.7 Å². The highest BCUT2D eigenvalue weighted by Crippen LogP contribution is 2.26. The second-order valence-corrected chi connectivity index (χ2v) is 2.97. The summed E-state index contributed by atoms with van der Waals surface area (Å²) in [4.78, 5) is 9.97. The Kier molecular flexibility index (Phi) is 2.21. The van der Waals surface area contributed by atoms with Crippen LogP contribution in [0.4, 0.5) is 5.69 Å². The molecule has 0 saturated carbocycles. The number of halogens is 1. The van der Waals surface area contributed by atoms with Crippen molar-refractivity contribution in [1.82, 2.24) is 0 Å². The normalized spacial score (nSPS) is 9.30. The average Bonchev–Trinajstić information content (AvgIpc) is 1.94. The molecular weight excluding hydrogens is 245 g/mol. The van der Waals surface area contributed by atoms with Gasteiger partial charge in [0.1, 0.15) is 5.75 Å². The Bertz CT molecular complexity index is 262. The van der Waals surface area contributed by atoms with Gasteiger partial charge in [-0.3, -0.25) is 0 Å². The van der Waals surface area contributed by atoms with Gasteiger partial charge in [-0.1, -0.05) is 0 Å². The van der Waals surface area contributed by atoms with Crippen molar-refractivity contribution >= 4 is 28.3 Å². The Balaban J connectivity index is 3.21. The summed E-state index contributed by atoms with van der Waals surface area (Å²) in [5.41, 5.74) is 0.0897. The highest BCUT2D eigenvalue weighted by Gasteiger charge is 1.99. The molecule has 0 atom stereocenters. The second-order valence-electron chi connectivity index (χ2n) is 1.72. The fourth-order valence-corrected chi connectivity index (χ4v) is 1.04. The molecule has 0 unspecified atom stereocenters. The predicted molar refractivity (Wildman–Crippen MR) is 46.3 cm³/mol. The van der Waals surface area contributed by atoms with Gasteiger partial charge in [0, 0.05) is 3.57 Å². The molecule has 1 N–H and O–H groups in total. The maximum Gasteiger partial charge on any atom is 0.150 e. The lowest BCUT2D eigenvalue weighted by Gasteiger charge is -1.93. The van der Waals surface area contributed by atoms with Gasteiger partial charge in [0.05, 0.1) is 0 Å². The largest absolute Gasteiger partial charge is 0.506 e. The summed E-state index contributed by atoms with van der Waals surface area (Å²) in [5.74, 6) is -0.0737. The third-order valence-corrected chi connectivity index (χ3v) is 1.71. The van der Waals surface area contributed by atoms with Crippen molar-refractivity contribution < 1.29 is 5.11 Å². The molecule has 52 valence electrons. The van der Waals surface area contributed by atoms with Crippen LogP contribution in [0, 0.1) is 8.48 Å². The van der Waals surface area contributed by atoms with E-state index in [1.807, 2.05) is 22.6 Å². The zero-order chi connectivity index (χ0) is 7.56. The van der Waals surface area contributed by atoms with Crippen molar-refractivity contribution in [2.75, 3.05) is 0 Å². The monoisotopic (exact) mass is 249 g/mol. The first kappa shape index (κ1) is 7.46. The van der Waals surface area contributed by atoms with E-state index in [4.69, 9.17) is 5.11 Å². The van der Waals surface area contributed by atoms with Crippen molar-refractivity contribution in [2.24, 2.45) is 5.18 Å². The van der Waals surface area contributed by atoms with Crippen LogP contribution in [-0.4, -0.2) is 5.11 Å². The van der Waals surface area contributed by atoms with Crippen LogP contribution in [0.1, 0.15) is 0 Å². The molecule has 0 amide bonds. The van der Waals surface area contributed by atoms with Crippen LogP contribution in [0.15, 0.2) is 23.4 Å². The molecule has 10 heavy (non-hydrogen) atoms. The maximum absolute atomic E-state index is 9.97. The van der Waals surface area contributed by atoms with Crippen molar-refractivity contribution in [3.63, 3.8) is 0 Å². The van der Waals surface area contributed by atoms with Gasteiger partial charge >= 0.3 is 0 Å². The first-order valence-electron chi connectivity index (χ1n) is 2.56. The van der Waals surface area contributed by atoms with Crippen molar-refractivity contribution in [1.29, 1.82) is 0 Å². The fraction of sp³-hybridized carbons (Fsp3) is 0. The Labute approximate surface area is 71.2 Å². The van der Waals surface area contributed by atoms with Crippen LogP contribution in [0.25, 0.3) is 0 Å². The third-order valence-electron chi connectivity index (χ3n) is 1.04. The molecule has 4 heteroatoms. The molecule has 0 radical (unpaired) electrons. The average molecular weight is 249 g/mol. The van der Waals surface area contributed by atoms with Gasteiger partial charge in [0.25, 0.3) is 0 Å². The lowest BCUT2D eigenvalue weighted by atomic mass is 10.3. The summed E-state index contributed by atoms with van der Waals surface area (Å²) in [6.07, 6.45) is 0. The summed E-state index contributed by atoms with van der Waals surface area (Å²) < 4.78 is 0.880. The number of nitroso groups, excluding NO2 is 1. The minimum absolute atomic E-state index is 0.0737. The van der Waals surface area contributed by atoms with E-state index in [-0.39, 0.29) is 11.4 Å². The summed E-state index contributed by atoms with van der Waals surface area (Å²) in [7, 11) is 0. The number of nitrogens with zero attached hydrogens (tertiary/aromatic N) is 1. The molecule has 0 saturated heterocycles. The summed E-state index contributed by atoms with van der Waals surface area (Å²) in [5, 5.41) is 11.6. The summed E-state index contributed by atoms with van der Waals surface area (Å²) in [6.45, 7) is 0. The predicted octanol–water partition coefficient (Wildman–Crippen LogP) is 2.39. The minimum Gasteiger partial charge on any atom is -0.506 e. The number of phenolic OH excluding ortho intramolecular Hbond substituents is 1. The van der Waals surface area contributed by atoms with E-state index in [0.29, 0.717) is 0 Å². The number of rotatable bonds is 1. The number of hydrogen-bond acceptors (Lipinski definition) is 3. The second kappa shape index (κ2) is 2.96. The number of phenols is 1. The van der Waals surface area contributed by atoms with Gasteiger partial charge in [0.2, 0.25) is 0 Å². The standard InChI is InChI=1S/C6H4INO2/c7-4-1-2-6(9)5(3-4)8-10/h1-3,9H. The highest BCUT2D eigenvalue weighted by molar-refractivity contribution is 14.1. The van der Waals surface area contributed by atoms with Gasteiger partial charge in [0.15, 0.2) is 5.69 Å². The third kappa shape index (κ3) is 1.44. The van der Waals surface area contributed by atoms with Gasteiger partial charge in [-0.05, 0) is 46.0 Å². The number of benzene rings is 1. The Morgan fingerprint density at radius 3 is 2.70 bits per heavy atom. The lowest BCUT2D eigenvalue weighted by molar-refractivity contribution is 0.476. The van der Waals surface area contributed by atoms with Crippen molar-refractivity contribution in [3.8, 4) is 5.75 Å². The first-order valence-corrected chi connectivity index (χ1v) is 3.64. The lowest BCUT2D eigenvalue weighted by Crippen LogP contribution is -1.69. The van der Waals surface area contributed by atoms with E-state index in [1.54, 1.807) is 6.07 Å². The van der Waals surface area contributed by atoms with Crippen LogP contribution in [-0.2, 0) is 0 Å². The van der Waals surface area contributed by atoms with E-state index in [0.717, 1.165) is 3.57 Å². The van der Waals surface area contributed by atoms with Crippen LogP contribution in [0.5, 0.6) is 5.75 Å². The molecule has 0 fully saturated rings. The Morgan fingerprint density at radius 1 is 1.50 bits per heavy atom. The quantitative estimate of drug-likeness (QED) is 0.613. The summed E-state index contributed by atoms with van der Waals surface area (Å²) in [6, 6.07) is 4.66. The maximum atomic E-state index is 9.97. The van der Waals surface area contributed by atoms with E-state index in [9.17, 15) is 4.91 Å². The van der Waals surface area contributed by atoms with Crippen LogP contribution in [0.3, 0.4) is 0 Å². The minimum atomic E-state index is -0.0737. The fourth-order valence-electron chi connectivity index (χ4n) is 0.570. The van der Waals surface area contributed by atoms with Crippen LogP contribution >= 0.6 is 22.6 Å². The van der Waals surface area contributed by atoms with Crippen LogP contribution in [0.2, 0.25) is 0 Å². The highest BCUT2D eigenvalue weighted by atomic mass is 127. The van der Waals surface area contributed by atoms with E-state index in [2.05, 4.69) is 5.18 Å². The molecule has 0 aliphatic heterocycles. The number of aromatic hydroxyl groups is 1. The molecule has 3 nitrogen and oxygen atoms in total. The van der Waals surface area contributed by atoms with Gasteiger partial charge < -0.3 is 5.11 Å². The van der Waals surface area contributed by atoms with E-state index < -0.39 is 0 Å². The molecular formula is C6H4INO2. The Hall–Kier alpha value is -0.650. The molecule has 1 rings (SSSR count). The molecule has 0 heterocycles. The van der Waals surface area contributed by atoms with Gasteiger partial charge in [-0.15, -0.1) is 4.91 Å². The molecule has 0 bridgehead atoms. The van der Waals surface area contributed by atoms with Gasteiger partial charge in [-0.25, -0.2) is 0 Å². The zero-order valence-corrected chi connectivity index (χ0v) is 7.07. The molecule has 1 aromatic rings. The summed E-state index contributed by atoms with van der Waals surface area (Å²) >= 11 is 2.04. The van der Waals surface area contributed by atoms with E-state index in [1.165, 1.54) is 12.1 Å². The molecule has 0 spiro atoms. The molecule has 0 aliphatic rings. The van der Waals surface area contributed by atoms with Crippen molar-refractivity contribution in [2.45, 2.75) is 0 Å².